The van der Waals surface area contributed by atoms with Crippen LogP contribution in [0, 0.1) is 6.92 Å². The van der Waals surface area contributed by atoms with Gasteiger partial charge in [0.1, 0.15) is 0 Å². The predicted octanol–water partition coefficient (Wildman–Crippen LogP) is 3.61. The maximum absolute atomic E-state index is 12.0. The van der Waals surface area contributed by atoms with E-state index < -0.39 is 5.54 Å². The molecule has 0 saturated heterocycles. The van der Waals surface area contributed by atoms with Crippen LogP contribution in [-0.2, 0) is 0 Å². The molecule has 0 aliphatic rings. The zero-order valence-corrected chi connectivity index (χ0v) is 12.0. The van der Waals surface area contributed by atoms with Gasteiger partial charge in [-0.2, -0.15) is 0 Å². The molecule has 0 bridgehead atoms. The standard InChI is InChI=1S/C12H14Cl3NO/c1-8-5-9(3-4-10(8)15)11(17)16-12(2,6-13)7-14/h3-5H,6-7H2,1-2H3,(H,16,17). The summed E-state index contributed by atoms with van der Waals surface area (Å²) in [7, 11) is 0. The van der Waals surface area contributed by atoms with Crippen LogP contribution in [0.3, 0.4) is 0 Å². The van der Waals surface area contributed by atoms with E-state index in [4.69, 9.17) is 34.8 Å². The van der Waals surface area contributed by atoms with Crippen LogP contribution < -0.4 is 5.32 Å². The second-order valence-electron chi connectivity index (χ2n) is 4.25. The minimum absolute atomic E-state index is 0.200. The van der Waals surface area contributed by atoms with Crippen LogP contribution in [0.4, 0.5) is 0 Å². The molecule has 1 N–H and O–H groups in total. The van der Waals surface area contributed by atoms with Gasteiger partial charge in [0.2, 0.25) is 0 Å². The van der Waals surface area contributed by atoms with Gasteiger partial charge in [0.25, 0.3) is 5.91 Å². The molecule has 94 valence electrons. The molecule has 17 heavy (non-hydrogen) atoms. The van der Waals surface area contributed by atoms with Crippen molar-refractivity contribution in [2.75, 3.05) is 11.8 Å². The summed E-state index contributed by atoms with van der Waals surface area (Å²) >= 11 is 17.5. The number of rotatable bonds is 4. The van der Waals surface area contributed by atoms with Crippen molar-refractivity contribution in [3.05, 3.63) is 34.3 Å². The predicted molar refractivity (Wildman–Crippen MR) is 73.5 cm³/mol. The van der Waals surface area contributed by atoms with Gasteiger partial charge in [0.15, 0.2) is 0 Å². The molecular weight excluding hydrogens is 280 g/mol. The fourth-order valence-corrected chi connectivity index (χ4v) is 1.77. The fourth-order valence-electron chi connectivity index (χ4n) is 1.23. The summed E-state index contributed by atoms with van der Waals surface area (Å²) in [5.41, 5.74) is 0.805. The topological polar surface area (TPSA) is 29.1 Å². The molecule has 0 heterocycles. The van der Waals surface area contributed by atoms with Crippen molar-refractivity contribution in [3.63, 3.8) is 0 Å². The normalized spacial score (nSPS) is 11.4. The molecule has 0 atom stereocenters. The molecule has 0 aliphatic heterocycles. The lowest BCUT2D eigenvalue weighted by Gasteiger charge is -2.26. The molecule has 0 aromatic heterocycles. The summed E-state index contributed by atoms with van der Waals surface area (Å²) in [5.74, 6) is 0.317. The van der Waals surface area contributed by atoms with Gasteiger partial charge in [-0.1, -0.05) is 11.6 Å². The molecule has 0 unspecified atom stereocenters. The van der Waals surface area contributed by atoms with Crippen molar-refractivity contribution in [2.45, 2.75) is 19.4 Å². The van der Waals surface area contributed by atoms with Crippen LogP contribution >= 0.6 is 34.8 Å². The van der Waals surface area contributed by atoms with Crippen LogP contribution in [0.15, 0.2) is 18.2 Å². The van der Waals surface area contributed by atoms with E-state index >= 15 is 0 Å². The van der Waals surface area contributed by atoms with E-state index in [0.717, 1.165) is 5.56 Å². The summed E-state index contributed by atoms with van der Waals surface area (Å²) in [5, 5.41) is 3.45. The van der Waals surface area contributed by atoms with Gasteiger partial charge in [-0.05, 0) is 37.6 Å². The molecule has 0 aliphatic carbocycles. The number of amides is 1. The van der Waals surface area contributed by atoms with Gasteiger partial charge in [0.05, 0.1) is 5.54 Å². The van der Waals surface area contributed by atoms with Gasteiger partial charge < -0.3 is 5.32 Å². The third kappa shape index (κ3) is 3.77. The summed E-state index contributed by atoms with van der Waals surface area (Å²) in [6, 6.07) is 5.11. The largest absolute Gasteiger partial charge is 0.344 e. The van der Waals surface area contributed by atoms with Crippen molar-refractivity contribution in [3.8, 4) is 0 Å². The molecule has 2 nitrogen and oxygen atoms in total. The Balaban J connectivity index is 2.86. The van der Waals surface area contributed by atoms with Crippen molar-refractivity contribution < 1.29 is 4.79 Å². The highest BCUT2D eigenvalue weighted by Gasteiger charge is 2.24. The second kappa shape index (κ2) is 5.94. The number of hydrogen-bond donors (Lipinski definition) is 1. The van der Waals surface area contributed by atoms with E-state index in [-0.39, 0.29) is 17.7 Å². The Morgan fingerprint density at radius 2 is 1.94 bits per heavy atom. The van der Waals surface area contributed by atoms with Gasteiger partial charge in [-0.15, -0.1) is 23.2 Å². The zero-order chi connectivity index (χ0) is 13.1. The maximum atomic E-state index is 12.0. The quantitative estimate of drug-likeness (QED) is 0.844. The summed E-state index contributed by atoms with van der Waals surface area (Å²) in [6.07, 6.45) is 0. The average molecular weight is 295 g/mol. The molecule has 5 heteroatoms. The number of nitrogens with one attached hydrogen (secondary N) is 1. The summed E-state index contributed by atoms with van der Waals surface area (Å²) in [4.78, 5) is 12.0. The fraction of sp³-hybridized carbons (Fsp3) is 0.417. The first-order valence-electron chi connectivity index (χ1n) is 5.12. The number of aryl methyl sites for hydroxylation is 1. The van der Waals surface area contributed by atoms with E-state index in [1.54, 1.807) is 25.1 Å². The first-order valence-corrected chi connectivity index (χ1v) is 6.57. The van der Waals surface area contributed by atoms with Crippen molar-refractivity contribution >= 4 is 40.7 Å². The first-order chi connectivity index (χ1) is 7.91. The van der Waals surface area contributed by atoms with Crippen LogP contribution in [0.5, 0.6) is 0 Å². The summed E-state index contributed by atoms with van der Waals surface area (Å²) < 4.78 is 0. The number of alkyl halides is 2. The van der Waals surface area contributed by atoms with E-state index in [9.17, 15) is 4.79 Å². The van der Waals surface area contributed by atoms with Gasteiger partial charge in [0, 0.05) is 22.3 Å². The first kappa shape index (κ1) is 14.6. The number of benzene rings is 1. The van der Waals surface area contributed by atoms with E-state index in [1.807, 2.05) is 6.92 Å². The Morgan fingerprint density at radius 3 is 2.41 bits per heavy atom. The van der Waals surface area contributed by atoms with Crippen LogP contribution in [-0.4, -0.2) is 23.2 Å². The highest BCUT2D eigenvalue weighted by molar-refractivity contribution is 6.31. The highest BCUT2D eigenvalue weighted by atomic mass is 35.5. The van der Waals surface area contributed by atoms with Gasteiger partial charge in [-0.25, -0.2) is 0 Å². The molecule has 0 saturated carbocycles. The molecule has 0 fully saturated rings. The minimum atomic E-state index is -0.603. The van der Waals surface area contributed by atoms with Crippen molar-refractivity contribution in [1.82, 2.24) is 5.32 Å². The number of hydrogen-bond acceptors (Lipinski definition) is 1. The monoisotopic (exact) mass is 293 g/mol. The van der Waals surface area contributed by atoms with E-state index in [0.29, 0.717) is 10.6 Å². The van der Waals surface area contributed by atoms with Crippen molar-refractivity contribution in [2.24, 2.45) is 0 Å². The Bertz CT molecular complexity index is 416. The Morgan fingerprint density at radius 1 is 1.35 bits per heavy atom. The van der Waals surface area contributed by atoms with Gasteiger partial charge >= 0.3 is 0 Å². The SMILES string of the molecule is Cc1cc(C(=O)NC(C)(CCl)CCl)ccc1Cl. The maximum Gasteiger partial charge on any atom is 0.251 e. The third-order valence-electron chi connectivity index (χ3n) is 2.43. The van der Waals surface area contributed by atoms with E-state index in [2.05, 4.69) is 5.32 Å². The lowest BCUT2D eigenvalue weighted by molar-refractivity contribution is 0.0921. The summed E-state index contributed by atoms with van der Waals surface area (Å²) in [6.45, 7) is 3.65. The minimum Gasteiger partial charge on any atom is -0.344 e. The Hall–Kier alpha value is -0.440. The molecule has 0 spiro atoms. The lowest BCUT2D eigenvalue weighted by Crippen LogP contribution is -2.49. The second-order valence-corrected chi connectivity index (χ2v) is 5.19. The average Bonchev–Trinajstić information content (AvgIpc) is 2.32. The molecule has 0 radical (unpaired) electrons. The number of carbonyl (C=O) groups excluding carboxylic acids is 1. The van der Waals surface area contributed by atoms with Crippen molar-refractivity contribution in [1.29, 1.82) is 0 Å². The van der Waals surface area contributed by atoms with Crippen LogP contribution in [0.25, 0.3) is 0 Å². The van der Waals surface area contributed by atoms with E-state index in [1.165, 1.54) is 0 Å². The Kier molecular flexibility index (Phi) is 5.11. The molecule has 1 aromatic carbocycles. The third-order valence-corrected chi connectivity index (χ3v) is 4.03. The molecule has 1 rings (SSSR count). The van der Waals surface area contributed by atoms with Crippen LogP contribution in [0.2, 0.25) is 5.02 Å². The molecule has 1 amide bonds. The van der Waals surface area contributed by atoms with Gasteiger partial charge in [-0.3, -0.25) is 4.79 Å². The van der Waals surface area contributed by atoms with Crippen LogP contribution in [0.1, 0.15) is 22.8 Å². The lowest BCUT2D eigenvalue weighted by atomic mass is 10.1. The smallest absolute Gasteiger partial charge is 0.251 e. The Labute approximate surface area is 116 Å². The molecule has 1 aromatic rings. The highest BCUT2D eigenvalue weighted by Crippen LogP contribution is 2.17. The molecular formula is C12H14Cl3NO. The number of halogens is 3. The number of carbonyl (C=O) groups is 1. The zero-order valence-electron chi connectivity index (χ0n) is 9.69.